The van der Waals surface area contributed by atoms with Crippen LogP contribution in [0.5, 0.6) is 5.75 Å². The standard InChI is InChI=1S/C11H13NO6S/c1-7(11(13)14)19(17)6-8-5-9(12(15)16)3-4-10(8)18-2/h3-5,7H,6H2,1-2H3,(H,13,14). The lowest BCUT2D eigenvalue weighted by Gasteiger charge is -2.10. The van der Waals surface area contributed by atoms with Crippen molar-refractivity contribution in [3.63, 3.8) is 0 Å². The first kappa shape index (κ1) is 15.1. The molecule has 0 fully saturated rings. The molecule has 0 spiro atoms. The van der Waals surface area contributed by atoms with Gasteiger partial charge in [0.15, 0.2) is 0 Å². The van der Waals surface area contributed by atoms with Crippen LogP contribution in [0.25, 0.3) is 0 Å². The Morgan fingerprint density at radius 1 is 1.58 bits per heavy atom. The lowest BCUT2D eigenvalue weighted by molar-refractivity contribution is -0.384. The number of hydrogen-bond donors (Lipinski definition) is 1. The fourth-order valence-electron chi connectivity index (χ4n) is 1.38. The van der Waals surface area contributed by atoms with E-state index in [1.165, 1.54) is 32.2 Å². The van der Waals surface area contributed by atoms with Gasteiger partial charge in [0.2, 0.25) is 0 Å². The molecule has 0 saturated heterocycles. The lowest BCUT2D eigenvalue weighted by Crippen LogP contribution is -2.23. The van der Waals surface area contributed by atoms with Gasteiger partial charge in [0, 0.05) is 28.5 Å². The van der Waals surface area contributed by atoms with E-state index in [-0.39, 0.29) is 11.4 Å². The maximum Gasteiger partial charge on any atom is 0.318 e. The number of aliphatic carboxylic acids is 1. The number of benzene rings is 1. The predicted molar refractivity (Wildman–Crippen MR) is 68.6 cm³/mol. The van der Waals surface area contributed by atoms with Crippen molar-refractivity contribution in [3.8, 4) is 5.75 Å². The van der Waals surface area contributed by atoms with Crippen LogP contribution in [0.3, 0.4) is 0 Å². The fraction of sp³-hybridized carbons (Fsp3) is 0.364. The van der Waals surface area contributed by atoms with Crippen LogP contribution in [0, 0.1) is 10.1 Å². The summed E-state index contributed by atoms with van der Waals surface area (Å²) < 4.78 is 16.8. The van der Waals surface area contributed by atoms with E-state index in [1.54, 1.807) is 0 Å². The topological polar surface area (TPSA) is 107 Å². The molecular formula is C11H13NO6S. The Bertz CT molecular complexity index is 530. The van der Waals surface area contributed by atoms with E-state index in [9.17, 15) is 19.1 Å². The molecule has 0 radical (unpaired) electrons. The molecule has 8 heteroatoms. The Morgan fingerprint density at radius 2 is 2.21 bits per heavy atom. The summed E-state index contributed by atoms with van der Waals surface area (Å²) in [7, 11) is -0.298. The number of methoxy groups -OCH3 is 1. The van der Waals surface area contributed by atoms with Gasteiger partial charge in [0.25, 0.3) is 5.69 Å². The van der Waals surface area contributed by atoms with Crippen LogP contribution in [0.1, 0.15) is 12.5 Å². The first-order chi connectivity index (χ1) is 8.86. The predicted octanol–water partition coefficient (Wildman–Crippen LogP) is 1.33. The number of rotatable bonds is 6. The summed E-state index contributed by atoms with van der Waals surface area (Å²) in [6.07, 6.45) is 0. The van der Waals surface area contributed by atoms with Gasteiger partial charge in [-0.15, -0.1) is 0 Å². The van der Waals surface area contributed by atoms with Gasteiger partial charge >= 0.3 is 5.97 Å². The molecule has 1 N–H and O–H groups in total. The van der Waals surface area contributed by atoms with E-state index in [1.807, 2.05) is 0 Å². The van der Waals surface area contributed by atoms with E-state index < -0.39 is 26.9 Å². The molecule has 1 rings (SSSR count). The second-order valence-corrected chi connectivity index (χ2v) is 5.52. The minimum Gasteiger partial charge on any atom is -0.496 e. The maximum atomic E-state index is 11.8. The minimum absolute atomic E-state index is 0.113. The third kappa shape index (κ3) is 3.75. The number of carbonyl (C=O) groups is 1. The van der Waals surface area contributed by atoms with Gasteiger partial charge in [-0.05, 0) is 13.0 Å². The summed E-state index contributed by atoms with van der Waals surface area (Å²) in [6.45, 7) is 1.32. The quantitative estimate of drug-likeness (QED) is 0.624. The average molecular weight is 287 g/mol. The van der Waals surface area contributed by atoms with Crippen LogP contribution in [-0.4, -0.2) is 32.6 Å². The molecule has 2 unspecified atom stereocenters. The molecule has 0 heterocycles. The number of hydrogen-bond acceptors (Lipinski definition) is 5. The van der Waals surface area contributed by atoms with Crippen LogP contribution < -0.4 is 4.74 Å². The number of non-ortho nitro benzene ring substituents is 1. The molecule has 0 saturated carbocycles. The zero-order valence-corrected chi connectivity index (χ0v) is 11.2. The van der Waals surface area contributed by atoms with Gasteiger partial charge in [0.1, 0.15) is 11.0 Å². The number of nitro groups is 1. The number of carboxylic acid groups (broad SMARTS) is 1. The van der Waals surface area contributed by atoms with Crippen molar-refractivity contribution < 1.29 is 23.8 Å². The summed E-state index contributed by atoms with van der Waals surface area (Å²) in [5, 5.41) is 18.4. The second kappa shape index (κ2) is 6.28. The SMILES string of the molecule is COc1ccc([N+](=O)[O-])cc1CS(=O)C(C)C(=O)O. The Morgan fingerprint density at radius 3 is 2.68 bits per heavy atom. The zero-order chi connectivity index (χ0) is 14.6. The highest BCUT2D eigenvalue weighted by atomic mass is 32.2. The molecule has 0 amide bonds. The highest BCUT2D eigenvalue weighted by molar-refractivity contribution is 7.85. The molecule has 2 atom stereocenters. The van der Waals surface area contributed by atoms with Crippen molar-refractivity contribution in [3.05, 3.63) is 33.9 Å². The van der Waals surface area contributed by atoms with E-state index in [0.717, 1.165) is 0 Å². The van der Waals surface area contributed by atoms with Crippen molar-refractivity contribution in [2.45, 2.75) is 17.9 Å². The van der Waals surface area contributed by atoms with Crippen LogP contribution in [0.2, 0.25) is 0 Å². The molecule has 7 nitrogen and oxygen atoms in total. The van der Waals surface area contributed by atoms with E-state index >= 15 is 0 Å². The van der Waals surface area contributed by atoms with Crippen LogP contribution in [-0.2, 0) is 21.3 Å². The second-order valence-electron chi connectivity index (χ2n) is 3.76. The Kier molecular flexibility index (Phi) is 4.99. The van der Waals surface area contributed by atoms with Gasteiger partial charge in [-0.25, -0.2) is 0 Å². The smallest absolute Gasteiger partial charge is 0.318 e. The highest BCUT2D eigenvalue weighted by Gasteiger charge is 2.21. The number of ether oxygens (including phenoxy) is 1. The van der Waals surface area contributed by atoms with Crippen LogP contribution in [0.15, 0.2) is 18.2 Å². The number of carboxylic acids is 1. The molecule has 0 aliphatic rings. The van der Waals surface area contributed by atoms with Gasteiger partial charge in [-0.2, -0.15) is 0 Å². The largest absolute Gasteiger partial charge is 0.496 e. The molecule has 0 aliphatic carbocycles. The number of nitro benzene ring substituents is 1. The van der Waals surface area contributed by atoms with Crippen molar-refractivity contribution in [1.29, 1.82) is 0 Å². The summed E-state index contributed by atoms with van der Waals surface area (Å²) >= 11 is 0. The molecular weight excluding hydrogens is 274 g/mol. The Balaban J connectivity index is 3.04. The van der Waals surface area contributed by atoms with Crippen molar-refractivity contribution >= 4 is 22.5 Å². The summed E-state index contributed by atoms with van der Waals surface area (Å²) in [5.74, 6) is -0.947. The zero-order valence-electron chi connectivity index (χ0n) is 10.4. The molecule has 104 valence electrons. The van der Waals surface area contributed by atoms with E-state index in [4.69, 9.17) is 9.84 Å². The third-order valence-electron chi connectivity index (χ3n) is 2.51. The molecule has 0 aromatic heterocycles. The monoisotopic (exact) mass is 287 g/mol. The normalized spacial score (nSPS) is 13.6. The molecule has 1 aromatic carbocycles. The minimum atomic E-state index is -1.68. The summed E-state index contributed by atoms with van der Waals surface area (Å²) in [5.41, 5.74) is 0.193. The van der Waals surface area contributed by atoms with Crippen molar-refractivity contribution in [1.82, 2.24) is 0 Å². The first-order valence-corrected chi connectivity index (χ1v) is 6.66. The first-order valence-electron chi connectivity index (χ1n) is 5.28. The van der Waals surface area contributed by atoms with Gasteiger partial charge < -0.3 is 9.84 Å². The molecule has 0 bridgehead atoms. The fourth-order valence-corrected chi connectivity index (χ4v) is 2.39. The maximum absolute atomic E-state index is 11.8. The Labute approximate surface area is 111 Å². The van der Waals surface area contributed by atoms with Gasteiger partial charge in [-0.3, -0.25) is 19.1 Å². The number of nitrogens with zero attached hydrogens (tertiary/aromatic N) is 1. The lowest BCUT2D eigenvalue weighted by atomic mass is 10.2. The van der Waals surface area contributed by atoms with Crippen LogP contribution >= 0.6 is 0 Å². The van der Waals surface area contributed by atoms with Gasteiger partial charge in [0.05, 0.1) is 17.8 Å². The van der Waals surface area contributed by atoms with Crippen molar-refractivity contribution in [2.24, 2.45) is 0 Å². The molecule has 0 aliphatic heterocycles. The third-order valence-corrected chi connectivity index (χ3v) is 4.10. The van der Waals surface area contributed by atoms with Crippen molar-refractivity contribution in [2.75, 3.05) is 7.11 Å². The van der Waals surface area contributed by atoms with E-state index in [2.05, 4.69) is 0 Å². The van der Waals surface area contributed by atoms with Gasteiger partial charge in [-0.1, -0.05) is 0 Å². The van der Waals surface area contributed by atoms with E-state index in [0.29, 0.717) is 11.3 Å². The summed E-state index contributed by atoms with van der Waals surface area (Å²) in [4.78, 5) is 20.8. The van der Waals surface area contributed by atoms with Crippen LogP contribution in [0.4, 0.5) is 5.69 Å². The summed E-state index contributed by atoms with van der Waals surface area (Å²) in [6, 6.07) is 3.91. The average Bonchev–Trinajstić information content (AvgIpc) is 2.37. The highest BCUT2D eigenvalue weighted by Crippen LogP contribution is 2.25. The Hall–Kier alpha value is -1.96. The molecule has 1 aromatic rings. The molecule has 19 heavy (non-hydrogen) atoms.